The van der Waals surface area contributed by atoms with Crippen LogP contribution < -0.4 is 10.2 Å². The second-order valence-corrected chi connectivity index (χ2v) is 6.63. The van der Waals surface area contributed by atoms with Crippen molar-refractivity contribution in [2.24, 2.45) is 0 Å². The Morgan fingerprint density at radius 3 is 2.60 bits per heavy atom. The van der Waals surface area contributed by atoms with Crippen molar-refractivity contribution in [1.29, 1.82) is 0 Å². The summed E-state index contributed by atoms with van der Waals surface area (Å²) < 4.78 is 13.3. The molecule has 4 nitrogen and oxygen atoms in total. The van der Waals surface area contributed by atoms with Crippen molar-refractivity contribution in [2.45, 2.75) is 6.92 Å². The average Bonchev–Trinajstić information content (AvgIpc) is 2.59. The van der Waals surface area contributed by atoms with Crippen LogP contribution in [0.4, 0.5) is 15.8 Å². The zero-order valence-corrected chi connectivity index (χ0v) is 14.9. The minimum atomic E-state index is -0.353. The van der Waals surface area contributed by atoms with Gasteiger partial charge in [-0.15, -0.1) is 0 Å². The maximum absolute atomic E-state index is 13.3. The van der Waals surface area contributed by atoms with Gasteiger partial charge >= 0.3 is 0 Å². The average molecular weight is 362 g/mol. The number of halogens is 2. The molecule has 2 aromatic carbocycles. The number of nitrogens with one attached hydrogen (secondary N) is 1. The summed E-state index contributed by atoms with van der Waals surface area (Å²) in [6.07, 6.45) is 0. The quantitative estimate of drug-likeness (QED) is 0.904. The highest BCUT2D eigenvalue weighted by Gasteiger charge is 2.20. The largest absolute Gasteiger partial charge is 0.368 e. The van der Waals surface area contributed by atoms with Gasteiger partial charge in [0.2, 0.25) is 5.91 Å². The van der Waals surface area contributed by atoms with Gasteiger partial charge in [0.25, 0.3) is 0 Å². The number of hydrogen-bond donors (Lipinski definition) is 1. The fourth-order valence-corrected chi connectivity index (χ4v) is 3.23. The molecule has 2 aromatic rings. The van der Waals surface area contributed by atoms with E-state index < -0.39 is 0 Å². The van der Waals surface area contributed by atoms with Crippen molar-refractivity contribution in [2.75, 3.05) is 42.9 Å². The van der Waals surface area contributed by atoms with Gasteiger partial charge in [0, 0.05) is 31.9 Å². The molecule has 0 radical (unpaired) electrons. The smallest absolute Gasteiger partial charge is 0.238 e. The van der Waals surface area contributed by atoms with Gasteiger partial charge in [-0.05, 0) is 36.8 Å². The number of benzene rings is 2. The lowest BCUT2D eigenvalue weighted by molar-refractivity contribution is -0.117. The molecule has 0 bridgehead atoms. The molecule has 1 fully saturated rings. The van der Waals surface area contributed by atoms with Gasteiger partial charge < -0.3 is 10.2 Å². The monoisotopic (exact) mass is 361 g/mol. The summed E-state index contributed by atoms with van der Waals surface area (Å²) in [6.45, 7) is 5.33. The lowest BCUT2D eigenvalue weighted by Gasteiger charge is -2.36. The van der Waals surface area contributed by atoms with Crippen LogP contribution in [0, 0.1) is 12.7 Å². The van der Waals surface area contributed by atoms with Crippen molar-refractivity contribution in [1.82, 2.24) is 4.90 Å². The molecule has 6 heteroatoms. The Hall–Kier alpha value is -2.11. The zero-order valence-electron chi connectivity index (χ0n) is 14.1. The molecule has 1 N–H and O–H groups in total. The van der Waals surface area contributed by atoms with E-state index in [4.69, 9.17) is 11.6 Å². The van der Waals surface area contributed by atoms with Crippen LogP contribution in [-0.2, 0) is 4.79 Å². The first kappa shape index (κ1) is 17.7. The fraction of sp³-hybridized carbons (Fsp3) is 0.316. The van der Waals surface area contributed by atoms with Gasteiger partial charge in [0.1, 0.15) is 5.82 Å². The Morgan fingerprint density at radius 1 is 1.16 bits per heavy atom. The van der Waals surface area contributed by atoms with Gasteiger partial charge in [0.05, 0.1) is 17.3 Å². The third kappa shape index (κ3) is 4.50. The standard InChI is InChI=1S/C19H21ClFN3O/c1-14-6-7-15(21)12-17(14)22-19(25)13-23-8-10-24(11-9-23)18-5-3-2-4-16(18)20/h2-7,12H,8-11,13H2,1H3,(H,22,25). The van der Waals surface area contributed by atoms with Crippen LogP contribution in [0.3, 0.4) is 0 Å². The van der Waals surface area contributed by atoms with E-state index in [0.29, 0.717) is 12.2 Å². The number of carbonyl (C=O) groups excluding carboxylic acids is 1. The van der Waals surface area contributed by atoms with E-state index in [1.165, 1.54) is 12.1 Å². The summed E-state index contributed by atoms with van der Waals surface area (Å²) in [7, 11) is 0. The summed E-state index contributed by atoms with van der Waals surface area (Å²) in [6, 6.07) is 12.2. The van der Waals surface area contributed by atoms with Crippen LogP contribution in [0.5, 0.6) is 0 Å². The van der Waals surface area contributed by atoms with Crippen LogP contribution in [0.15, 0.2) is 42.5 Å². The first-order chi connectivity index (χ1) is 12.0. The van der Waals surface area contributed by atoms with E-state index in [9.17, 15) is 9.18 Å². The molecule has 1 aliphatic rings. The van der Waals surface area contributed by atoms with E-state index in [1.54, 1.807) is 6.07 Å². The summed E-state index contributed by atoms with van der Waals surface area (Å²) in [5.74, 6) is -0.478. The normalized spacial score (nSPS) is 15.2. The molecule has 3 rings (SSSR count). The van der Waals surface area contributed by atoms with Crippen molar-refractivity contribution >= 4 is 28.9 Å². The first-order valence-electron chi connectivity index (χ1n) is 8.31. The molecule has 0 aromatic heterocycles. The van der Waals surface area contributed by atoms with E-state index in [0.717, 1.165) is 42.5 Å². The second-order valence-electron chi connectivity index (χ2n) is 6.22. The highest BCUT2D eigenvalue weighted by molar-refractivity contribution is 6.33. The number of amides is 1. The molecule has 1 heterocycles. The molecule has 1 saturated heterocycles. The molecule has 25 heavy (non-hydrogen) atoms. The molecule has 0 spiro atoms. The van der Waals surface area contributed by atoms with Crippen LogP contribution in [-0.4, -0.2) is 43.5 Å². The van der Waals surface area contributed by atoms with Gasteiger partial charge in [0.15, 0.2) is 0 Å². The topological polar surface area (TPSA) is 35.6 Å². The first-order valence-corrected chi connectivity index (χ1v) is 8.68. The summed E-state index contributed by atoms with van der Waals surface area (Å²) in [5.41, 5.74) is 2.40. The maximum atomic E-state index is 13.3. The zero-order chi connectivity index (χ0) is 17.8. The van der Waals surface area contributed by atoms with Gasteiger partial charge in [-0.2, -0.15) is 0 Å². The number of para-hydroxylation sites is 1. The lowest BCUT2D eigenvalue weighted by Crippen LogP contribution is -2.48. The number of anilines is 2. The molecule has 132 valence electrons. The molecule has 0 atom stereocenters. The maximum Gasteiger partial charge on any atom is 0.238 e. The third-order valence-electron chi connectivity index (χ3n) is 4.41. The second kappa shape index (κ2) is 7.85. The SMILES string of the molecule is Cc1ccc(F)cc1NC(=O)CN1CCN(c2ccccc2Cl)CC1. The molecular weight excluding hydrogens is 341 g/mol. The number of aryl methyl sites for hydroxylation is 1. The van der Waals surface area contributed by atoms with E-state index >= 15 is 0 Å². The van der Waals surface area contributed by atoms with Crippen LogP contribution >= 0.6 is 11.6 Å². The number of carbonyl (C=O) groups is 1. The number of piperazine rings is 1. The van der Waals surface area contributed by atoms with Gasteiger partial charge in [-0.3, -0.25) is 9.69 Å². The Kier molecular flexibility index (Phi) is 5.56. The highest BCUT2D eigenvalue weighted by Crippen LogP contribution is 2.26. The molecule has 1 aliphatic heterocycles. The number of hydrogen-bond acceptors (Lipinski definition) is 3. The minimum absolute atomic E-state index is 0.125. The predicted octanol–water partition coefficient (Wildman–Crippen LogP) is 3.55. The van der Waals surface area contributed by atoms with Gasteiger partial charge in [-0.1, -0.05) is 29.8 Å². The molecule has 0 saturated carbocycles. The Morgan fingerprint density at radius 2 is 1.88 bits per heavy atom. The third-order valence-corrected chi connectivity index (χ3v) is 4.73. The van der Waals surface area contributed by atoms with E-state index in [2.05, 4.69) is 15.1 Å². The summed E-state index contributed by atoms with van der Waals surface area (Å²) in [4.78, 5) is 16.6. The predicted molar refractivity (Wildman–Crippen MR) is 99.9 cm³/mol. The molecule has 0 aliphatic carbocycles. The summed E-state index contributed by atoms with van der Waals surface area (Å²) in [5, 5.41) is 3.54. The van der Waals surface area contributed by atoms with Crippen LogP contribution in [0.2, 0.25) is 5.02 Å². The minimum Gasteiger partial charge on any atom is -0.368 e. The Balaban J connectivity index is 1.53. The van der Waals surface area contributed by atoms with Crippen LogP contribution in [0.25, 0.3) is 0 Å². The summed E-state index contributed by atoms with van der Waals surface area (Å²) >= 11 is 6.25. The van der Waals surface area contributed by atoms with Crippen molar-refractivity contribution < 1.29 is 9.18 Å². The molecular formula is C19H21ClFN3O. The van der Waals surface area contributed by atoms with Crippen molar-refractivity contribution in [3.8, 4) is 0 Å². The van der Waals surface area contributed by atoms with E-state index in [-0.39, 0.29) is 11.7 Å². The van der Waals surface area contributed by atoms with Crippen LogP contribution in [0.1, 0.15) is 5.56 Å². The van der Waals surface area contributed by atoms with Crippen molar-refractivity contribution in [3.05, 3.63) is 58.9 Å². The Labute approximate surface area is 152 Å². The highest BCUT2D eigenvalue weighted by atomic mass is 35.5. The Bertz CT molecular complexity index is 760. The van der Waals surface area contributed by atoms with E-state index in [1.807, 2.05) is 31.2 Å². The fourth-order valence-electron chi connectivity index (χ4n) is 2.98. The van der Waals surface area contributed by atoms with Crippen molar-refractivity contribution in [3.63, 3.8) is 0 Å². The number of nitrogens with zero attached hydrogens (tertiary/aromatic N) is 2. The number of rotatable bonds is 4. The van der Waals surface area contributed by atoms with Gasteiger partial charge in [-0.25, -0.2) is 4.39 Å². The molecule has 1 amide bonds. The molecule has 0 unspecified atom stereocenters. The lowest BCUT2D eigenvalue weighted by atomic mass is 10.2.